The van der Waals surface area contributed by atoms with E-state index in [0.29, 0.717) is 0 Å². The smallest absolute Gasteiger partial charge is 0.185 e. The molecule has 1 saturated heterocycles. The highest BCUT2D eigenvalue weighted by atomic mass is 32.1. The van der Waals surface area contributed by atoms with Crippen LogP contribution in [0.5, 0.6) is 0 Å². The molecule has 5 heteroatoms. The summed E-state index contributed by atoms with van der Waals surface area (Å²) in [5.74, 6) is 0. The van der Waals surface area contributed by atoms with Crippen molar-refractivity contribution in [3.8, 4) is 22.4 Å². The van der Waals surface area contributed by atoms with Crippen molar-refractivity contribution in [3.05, 3.63) is 54.2 Å². The van der Waals surface area contributed by atoms with Crippen LogP contribution in [0, 0.1) is 0 Å². The number of pyridine rings is 1. The van der Waals surface area contributed by atoms with Crippen molar-refractivity contribution in [1.82, 2.24) is 15.0 Å². The zero-order valence-corrected chi connectivity index (χ0v) is 14.6. The molecular formula is C20H18N4S. The number of H-pyrrole nitrogens is 1. The lowest BCUT2D eigenvalue weighted by atomic mass is 10.1. The molecule has 0 unspecified atom stereocenters. The molecule has 0 radical (unpaired) electrons. The van der Waals surface area contributed by atoms with Crippen molar-refractivity contribution >= 4 is 27.5 Å². The van der Waals surface area contributed by atoms with Gasteiger partial charge in [0, 0.05) is 47.4 Å². The fourth-order valence-electron chi connectivity index (χ4n) is 3.45. The first-order valence-electron chi connectivity index (χ1n) is 8.62. The van der Waals surface area contributed by atoms with Gasteiger partial charge in [-0.25, -0.2) is 9.97 Å². The Kier molecular flexibility index (Phi) is 3.52. The topological polar surface area (TPSA) is 44.8 Å². The van der Waals surface area contributed by atoms with Gasteiger partial charge in [-0.15, -0.1) is 11.3 Å². The average molecular weight is 346 g/mol. The number of nitrogens with one attached hydrogen (secondary N) is 1. The van der Waals surface area contributed by atoms with Gasteiger partial charge in [-0.2, -0.15) is 0 Å². The molecular weight excluding hydrogens is 328 g/mol. The molecule has 5 rings (SSSR count). The molecule has 4 aromatic rings. The Morgan fingerprint density at radius 3 is 2.72 bits per heavy atom. The number of rotatable bonds is 3. The van der Waals surface area contributed by atoms with Gasteiger partial charge in [0.1, 0.15) is 5.65 Å². The van der Waals surface area contributed by atoms with Gasteiger partial charge in [0.25, 0.3) is 0 Å². The van der Waals surface area contributed by atoms with Crippen molar-refractivity contribution in [2.45, 2.75) is 12.8 Å². The number of fused-ring (bicyclic) bond motifs is 1. The van der Waals surface area contributed by atoms with Crippen molar-refractivity contribution in [2.75, 3.05) is 18.0 Å². The highest BCUT2D eigenvalue weighted by Crippen LogP contribution is 2.34. The van der Waals surface area contributed by atoms with Crippen LogP contribution in [0.15, 0.2) is 54.2 Å². The third kappa shape index (κ3) is 2.61. The quantitative estimate of drug-likeness (QED) is 0.570. The standard InChI is InChI=1S/C20H18N4S/c1-2-6-14(7-3-1)15-10-16-17(12-22-19(16)21-11-15)18-13-25-20(23-18)24-8-4-5-9-24/h1-3,6-7,10-13H,4-5,8-9H2,(H,21,22). The highest BCUT2D eigenvalue weighted by Gasteiger charge is 2.17. The minimum absolute atomic E-state index is 0.908. The molecule has 124 valence electrons. The Morgan fingerprint density at radius 1 is 1.04 bits per heavy atom. The lowest BCUT2D eigenvalue weighted by molar-refractivity contribution is 0.949. The summed E-state index contributed by atoms with van der Waals surface area (Å²) >= 11 is 1.73. The van der Waals surface area contributed by atoms with Crippen LogP contribution >= 0.6 is 11.3 Å². The second kappa shape index (κ2) is 6.01. The maximum atomic E-state index is 4.88. The van der Waals surface area contributed by atoms with E-state index in [9.17, 15) is 0 Å². The van der Waals surface area contributed by atoms with E-state index in [1.165, 1.54) is 18.4 Å². The maximum absolute atomic E-state index is 4.88. The molecule has 4 nitrogen and oxygen atoms in total. The lowest BCUT2D eigenvalue weighted by Crippen LogP contribution is -2.17. The first-order valence-corrected chi connectivity index (χ1v) is 9.50. The first kappa shape index (κ1) is 14.7. The molecule has 4 heterocycles. The van der Waals surface area contributed by atoms with Crippen LogP contribution in [-0.2, 0) is 0 Å². The predicted octanol–water partition coefficient (Wildman–Crippen LogP) is 4.95. The van der Waals surface area contributed by atoms with Gasteiger partial charge >= 0.3 is 0 Å². The largest absolute Gasteiger partial charge is 0.348 e. The molecule has 1 aromatic carbocycles. The minimum Gasteiger partial charge on any atom is -0.348 e. The number of nitrogens with zero attached hydrogens (tertiary/aromatic N) is 3. The Labute approximate surface area is 150 Å². The van der Waals surface area contributed by atoms with Crippen LogP contribution in [0.3, 0.4) is 0 Å². The third-order valence-corrected chi connectivity index (χ3v) is 5.68. The molecule has 1 N–H and O–H groups in total. The molecule has 1 fully saturated rings. The summed E-state index contributed by atoms with van der Waals surface area (Å²) < 4.78 is 0. The minimum atomic E-state index is 0.908. The van der Waals surface area contributed by atoms with Gasteiger partial charge in [0.15, 0.2) is 5.13 Å². The van der Waals surface area contributed by atoms with E-state index in [2.05, 4.69) is 50.6 Å². The first-order chi connectivity index (χ1) is 12.4. The van der Waals surface area contributed by atoms with Crippen molar-refractivity contribution in [1.29, 1.82) is 0 Å². The summed E-state index contributed by atoms with van der Waals surface area (Å²) in [5.41, 5.74) is 5.38. The number of hydrogen-bond acceptors (Lipinski definition) is 4. The van der Waals surface area contributed by atoms with Crippen LogP contribution < -0.4 is 4.90 Å². The van der Waals surface area contributed by atoms with Crippen molar-refractivity contribution in [2.24, 2.45) is 0 Å². The molecule has 0 spiro atoms. The second-order valence-electron chi connectivity index (χ2n) is 6.40. The second-order valence-corrected chi connectivity index (χ2v) is 7.23. The van der Waals surface area contributed by atoms with Gasteiger partial charge in [0.05, 0.1) is 5.69 Å². The monoisotopic (exact) mass is 346 g/mol. The molecule has 0 amide bonds. The normalized spacial score (nSPS) is 14.5. The van der Waals surface area contributed by atoms with Crippen LogP contribution in [-0.4, -0.2) is 28.0 Å². The number of anilines is 1. The van der Waals surface area contributed by atoms with Crippen molar-refractivity contribution < 1.29 is 0 Å². The summed E-state index contributed by atoms with van der Waals surface area (Å²) in [7, 11) is 0. The van der Waals surface area contributed by atoms with Crippen molar-refractivity contribution in [3.63, 3.8) is 0 Å². The van der Waals surface area contributed by atoms with Gasteiger partial charge in [-0.1, -0.05) is 30.3 Å². The predicted molar refractivity (Wildman–Crippen MR) is 104 cm³/mol. The van der Waals surface area contributed by atoms with Gasteiger partial charge in [-0.05, 0) is 24.5 Å². The maximum Gasteiger partial charge on any atom is 0.185 e. The zero-order valence-electron chi connectivity index (χ0n) is 13.8. The molecule has 0 bridgehead atoms. The van der Waals surface area contributed by atoms with E-state index in [4.69, 9.17) is 4.98 Å². The lowest BCUT2D eigenvalue weighted by Gasteiger charge is -2.12. The Morgan fingerprint density at radius 2 is 1.88 bits per heavy atom. The van der Waals surface area contributed by atoms with Crippen LogP contribution in [0.25, 0.3) is 33.4 Å². The van der Waals surface area contributed by atoms with Crippen LogP contribution in [0.2, 0.25) is 0 Å². The average Bonchev–Trinajstić information content (AvgIpc) is 3.40. The summed E-state index contributed by atoms with van der Waals surface area (Å²) in [6.07, 6.45) is 6.49. The van der Waals surface area contributed by atoms with E-state index in [-0.39, 0.29) is 0 Å². The SMILES string of the molecule is c1ccc(-c2cnc3[nH]cc(-c4csc(N5CCCC5)n4)c3c2)cc1. The fraction of sp³-hybridized carbons (Fsp3) is 0.200. The molecule has 0 atom stereocenters. The van der Waals surface area contributed by atoms with Gasteiger partial charge in [-0.3, -0.25) is 0 Å². The number of aromatic nitrogens is 3. The number of benzene rings is 1. The van der Waals surface area contributed by atoms with Gasteiger partial charge in [0.2, 0.25) is 0 Å². The summed E-state index contributed by atoms with van der Waals surface area (Å²) in [4.78, 5) is 15.2. The van der Waals surface area contributed by atoms with E-state index >= 15 is 0 Å². The third-order valence-electron chi connectivity index (χ3n) is 4.78. The number of aromatic amines is 1. The fourth-order valence-corrected chi connectivity index (χ4v) is 4.32. The zero-order chi connectivity index (χ0) is 16.6. The number of thiazole rings is 1. The molecule has 1 aliphatic rings. The summed E-state index contributed by atoms with van der Waals surface area (Å²) in [6.45, 7) is 2.25. The van der Waals surface area contributed by atoms with Crippen LogP contribution in [0.4, 0.5) is 5.13 Å². The number of hydrogen-bond donors (Lipinski definition) is 1. The molecule has 1 aliphatic heterocycles. The van der Waals surface area contributed by atoms with E-state index in [0.717, 1.165) is 46.1 Å². The molecule has 0 saturated carbocycles. The van der Waals surface area contributed by atoms with E-state index in [1.54, 1.807) is 11.3 Å². The Bertz CT molecular complexity index is 1010. The van der Waals surface area contributed by atoms with E-state index in [1.807, 2.05) is 18.5 Å². The van der Waals surface area contributed by atoms with Gasteiger partial charge < -0.3 is 9.88 Å². The van der Waals surface area contributed by atoms with Crippen LogP contribution in [0.1, 0.15) is 12.8 Å². The Balaban J connectivity index is 1.57. The van der Waals surface area contributed by atoms with E-state index < -0.39 is 0 Å². The highest BCUT2D eigenvalue weighted by molar-refractivity contribution is 7.14. The molecule has 25 heavy (non-hydrogen) atoms. The summed E-state index contributed by atoms with van der Waals surface area (Å²) in [6, 6.07) is 12.6. The Hall–Kier alpha value is -2.66. The summed E-state index contributed by atoms with van der Waals surface area (Å²) in [5, 5.41) is 4.42. The molecule has 0 aliphatic carbocycles. The molecule has 3 aromatic heterocycles.